The fourth-order valence-electron chi connectivity index (χ4n) is 1.82. The van der Waals surface area contributed by atoms with Crippen LogP contribution in [0.5, 0.6) is 0 Å². The smallest absolute Gasteiger partial charge is 0.412 e. The number of rotatable bonds is 6. The molecule has 0 unspecified atom stereocenters. The average molecular weight is 308 g/mol. The molecule has 0 saturated heterocycles. The van der Waals surface area contributed by atoms with E-state index in [0.717, 1.165) is 5.69 Å². The van der Waals surface area contributed by atoms with E-state index in [1.54, 1.807) is 0 Å². The summed E-state index contributed by atoms with van der Waals surface area (Å²) >= 11 is 0. The van der Waals surface area contributed by atoms with Gasteiger partial charge in [0.05, 0.1) is 17.5 Å². The van der Waals surface area contributed by atoms with Crippen LogP contribution in [-0.2, 0) is 4.74 Å². The number of hydrazine groups is 1. The zero-order valence-electron chi connectivity index (χ0n) is 14.3. The van der Waals surface area contributed by atoms with Gasteiger partial charge in [-0.1, -0.05) is 26.0 Å². The molecular formula is C16H28N4O2. The number of hydrogen-bond donors (Lipinski definition) is 4. The van der Waals surface area contributed by atoms with Crippen LogP contribution in [0.25, 0.3) is 0 Å². The van der Waals surface area contributed by atoms with Gasteiger partial charge in [-0.2, -0.15) is 0 Å². The van der Waals surface area contributed by atoms with Crippen molar-refractivity contribution in [2.24, 2.45) is 5.92 Å². The predicted molar refractivity (Wildman–Crippen MR) is 90.7 cm³/mol. The van der Waals surface area contributed by atoms with Gasteiger partial charge in [0.15, 0.2) is 0 Å². The quantitative estimate of drug-likeness (QED) is 0.480. The monoisotopic (exact) mass is 308 g/mol. The molecule has 0 radical (unpaired) electrons. The van der Waals surface area contributed by atoms with Crippen molar-refractivity contribution >= 4 is 17.5 Å². The lowest BCUT2D eigenvalue weighted by Crippen LogP contribution is -2.46. The second-order valence-electron chi connectivity index (χ2n) is 6.43. The van der Waals surface area contributed by atoms with Crippen LogP contribution in [0.15, 0.2) is 24.3 Å². The number of benzene rings is 1. The molecule has 0 heterocycles. The van der Waals surface area contributed by atoms with Crippen molar-refractivity contribution in [2.75, 3.05) is 17.7 Å². The molecule has 0 saturated carbocycles. The van der Waals surface area contributed by atoms with Crippen LogP contribution >= 0.6 is 0 Å². The summed E-state index contributed by atoms with van der Waals surface area (Å²) in [5.41, 5.74) is 7.06. The first-order valence-electron chi connectivity index (χ1n) is 7.51. The number of amides is 1. The molecule has 4 N–H and O–H groups in total. The third-order valence-electron chi connectivity index (χ3n) is 2.84. The Kier molecular flexibility index (Phi) is 6.64. The van der Waals surface area contributed by atoms with Gasteiger partial charge >= 0.3 is 6.09 Å². The van der Waals surface area contributed by atoms with E-state index in [1.165, 1.54) is 0 Å². The summed E-state index contributed by atoms with van der Waals surface area (Å²) in [5, 5.41) is 6.15. The Morgan fingerprint density at radius 3 is 2.23 bits per heavy atom. The van der Waals surface area contributed by atoms with Crippen molar-refractivity contribution in [3.05, 3.63) is 24.3 Å². The topological polar surface area (TPSA) is 74.4 Å². The summed E-state index contributed by atoms with van der Waals surface area (Å²) in [6, 6.07) is 7.54. The molecule has 6 heteroatoms. The van der Waals surface area contributed by atoms with Crippen LogP contribution < -0.4 is 21.5 Å². The van der Waals surface area contributed by atoms with Crippen LogP contribution in [0.1, 0.15) is 34.6 Å². The van der Waals surface area contributed by atoms with Crippen molar-refractivity contribution in [3.63, 3.8) is 0 Å². The van der Waals surface area contributed by atoms with E-state index in [4.69, 9.17) is 4.74 Å². The molecule has 0 spiro atoms. The number of hydrogen-bond acceptors (Lipinski definition) is 5. The first-order chi connectivity index (χ1) is 10.2. The van der Waals surface area contributed by atoms with E-state index in [2.05, 4.69) is 35.3 Å². The lowest BCUT2D eigenvalue weighted by atomic mass is 10.1. The number of carbonyl (C=O) groups excluding carboxylic acids is 1. The molecule has 22 heavy (non-hydrogen) atoms. The fraction of sp³-hybridized carbons (Fsp3) is 0.562. The van der Waals surface area contributed by atoms with Gasteiger partial charge < -0.3 is 10.1 Å². The number of carbonyl (C=O) groups is 1. The summed E-state index contributed by atoms with van der Waals surface area (Å²) in [6.45, 7) is 9.71. The first kappa shape index (κ1) is 18.3. The minimum atomic E-state index is -0.527. The molecule has 0 aliphatic heterocycles. The third-order valence-corrected chi connectivity index (χ3v) is 2.84. The molecule has 0 aromatic heterocycles. The molecule has 0 aliphatic carbocycles. The summed E-state index contributed by atoms with van der Waals surface area (Å²) < 4.78 is 5.29. The number of ether oxygens (including phenoxy) is 1. The van der Waals surface area contributed by atoms with Crippen molar-refractivity contribution in [3.8, 4) is 0 Å². The van der Waals surface area contributed by atoms with Gasteiger partial charge in [-0.15, -0.1) is 0 Å². The molecule has 0 bridgehead atoms. The number of para-hydroxylation sites is 2. The zero-order chi connectivity index (χ0) is 16.8. The maximum absolute atomic E-state index is 11.9. The van der Waals surface area contributed by atoms with Crippen LogP contribution in [-0.4, -0.2) is 24.9 Å². The second kappa shape index (κ2) is 8.00. The van der Waals surface area contributed by atoms with Crippen LogP contribution in [0.4, 0.5) is 16.2 Å². The molecule has 1 rings (SSSR count). The molecule has 1 aromatic rings. The predicted octanol–water partition coefficient (Wildman–Crippen LogP) is 3.15. The Morgan fingerprint density at radius 2 is 1.73 bits per heavy atom. The Hall–Kier alpha value is -1.79. The van der Waals surface area contributed by atoms with Gasteiger partial charge in [-0.3, -0.25) is 10.7 Å². The largest absolute Gasteiger partial charge is 0.444 e. The number of anilines is 2. The lowest BCUT2D eigenvalue weighted by Gasteiger charge is -2.26. The van der Waals surface area contributed by atoms with Crippen molar-refractivity contribution in [2.45, 2.75) is 46.4 Å². The number of nitrogens with one attached hydrogen (secondary N) is 4. The summed E-state index contributed by atoms with van der Waals surface area (Å²) in [6.07, 6.45) is -0.448. The Bertz CT molecular complexity index is 483. The third kappa shape index (κ3) is 6.32. The standard InChI is InChI=1S/C16H28N4O2/c1-11(2)14(20-17-6)18-12-9-7-8-10-13(12)19-15(21)22-16(3,4)5/h7-11,14,17-18,20H,1-6H3,(H,19,21)/t14-/m1/s1. The summed E-state index contributed by atoms with van der Waals surface area (Å²) in [4.78, 5) is 11.9. The van der Waals surface area contributed by atoms with Crippen LogP contribution in [0.2, 0.25) is 0 Å². The SMILES string of the molecule is CNN[C@@H](Nc1ccccc1NC(=O)OC(C)(C)C)C(C)C. The molecule has 0 aliphatic rings. The zero-order valence-corrected chi connectivity index (χ0v) is 14.3. The Balaban J connectivity index is 2.83. The molecule has 1 atom stereocenters. The molecule has 1 aromatic carbocycles. The molecule has 0 fully saturated rings. The highest BCUT2D eigenvalue weighted by atomic mass is 16.6. The van der Waals surface area contributed by atoms with Crippen LogP contribution in [0.3, 0.4) is 0 Å². The van der Waals surface area contributed by atoms with E-state index in [0.29, 0.717) is 11.6 Å². The van der Waals surface area contributed by atoms with Gasteiger partial charge in [0, 0.05) is 0 Å². The van der Waals surface area contributed by atoms with E-state index in [-0.39, 0.29) is 6.17 Å². The van der Waals surface area contributed by atoms with Gasteiger partial charge in [-0.05, 0) is 45.9 Å². The Labute approximate surface area is 133 Å². The average Bonchev–Trinajstić information content (AvgIpc) is 2.37. The van der Waals surface area contributed by atoms with E-state index in [9.17, 15) is 4.79 Å². The van der Waals surface area contributed by atoms with Crippen molar-refractivity contribution < 1.29 is 9.53 Å². The van der Waals surface area contributed by atoms with Crippen molar-refractivity contribution in [1.29, 1.82) is 0 Å². The fourth-order valence-corrected chi connectivity index (χ4v) is 1.82. The van der Waals surface area contributed by atoms with Crippen LogP contribution in [0, 0.1) is 5.92 Å². The molecular weight excluding hydrogens is 280 g/mol. The molecule has 6 nitrogen and oxygen atoms in total. The van der Waals surface area contributed by atoms with Gasteiger partial charge in [0.1, 0.15) is 5.60 Å². The first-order valence-corrected chi connectivity index (χ1v) is 7.51. The minimum absolute atomic E-state index is 0.0200. The van der Waals surface area contributed by atoms with E-state index in [1.807, 2.05) is 52.1 Å². The minimum Gasteiger partial charge on any atom is -0.444 e. The maximum atomic E-state index is 11.9. The van der Waals surface area contributed by atoms with Crippen molar-refractivity contribution in [1.82, 2.24) is 10.9 Å². The van der Waals surface area contributed by atoms with Gasteiger partial charge in [-0.25, -0.2) is 10.2 Å². The van der Waals surface area contributed by atoms with Gasteiger partial charge in [0.2, 0.25) is 0 Å². The summed E-state index contributed by atoms with van der Waals surface area (Å²) in [7, 11) is 1.82. The lowest BCUT2D eigenvalue weighted by molar-refractivity contribution is 0.0636. The molecule has 124 valence electrons. The van der Waals surface area contributed by atoms with E-state index >= 15 is 0 Å². The summed E-state index contributed by atoms with van der Waals surface area (Å²) in [5.74, 6) is 0.349. The Morgan fingerprint density at radius 1 is 1.14 bits per heavy atom. The van der Waals surface area contributed by atoms with Gasteiger partial charge in [0.25, 0.3) is 0 Å². The molecule has 1 amide bonds. The second-order valence-corrected chi connectivity index (χ2v) is 6.43. The highest BCUT2D eigenvalue weighted by Crippen LogP contribution is 2.23. The normalized spacial score (nSPS) is 12.9. The maximum Gasteiger partial charge on any atom is 0.412 e. The highest BCUT2D eigenvalue weighted by molar-refractivity contribution is 5.89. The van der Waals surface area contributed by atoms with E-state index < -0.39 is 11.7 Å². The highest BCUT2D eigenvalue weighted by Gasteiger charge is 2.18.